The van der Waals surface area contributed by atoms with Crippen molar-refractivity contribution in [2.75, 3.05) is 10.3 Å². The van der Waals surface area contributed by atoms with Gasteiger partial charge in [0.05, 0.1) is 11.2 Å². The topological polar surface area (TPSA) is 79.7 Å². The van der Waals surface area contributed by atoms with E-state index < -0.39 is 0 Å². The monoisotopic (exact) mass is 209 g/mol. The fourth-order valence-corrected chi connectivity index (χ4v) is 1.07. The minimum Gasteiger partial charge on any atom is -0.353 e. The van der Waals surface area contributed by atoms with E-state index in [0.29, 0.717) is 0 Å². The van der Waals surface area contributed by atoms with Crippen molar-refractivity contribution in [2.24, 2.45) is 16.8 Å². The first-order chi connectivity index (χ1) is 6.77. The number of hydrogen-bond acceptors (Lipinski definition) is 4. The zero-order valence-corrected chi connectivity index (χ0v) is 8.24. The molecule has 0 atom stereocenters. The van der Waals surface area contributed by atoms with Gasteiger partial charge in [-0.1, -0.05) is 12.2 Å². The zero-order chi connectivity index (χ0) is 10.4. The summed E-state index contributed by atoms with van der Waals surface area (Å²) in [6.45, 7) is 0. The highest BCUT2D eigenvalue weighted by molar-refractivity contribution is 7.79. The summed E-state index contributed by atoms with van der Waals surface area (Å²) in [5.41, 5.74) is 3.13. The molecule has 0 aliphatic rings. The highest BCUT2D eigenvalue weighted by Gasteiger charge is 1.97. The SMILES string of the molecule is N/N=C\N(N)c1ccc(NC=S)cc1. The van der Waals surface area contributed by atoms with Crippen LogP contribution in [-0.2, 0) is 0 Å². The van der Waals surface area contributed by atoms with Crippen LogP contribution in [0.2, 0.25) is 0 Å². The van der Waals surface area contributed by atoms with Crippen LogP contribution < -0.4 is 22.0 Å². The summed E-state index contributed by atoms with van der Waals surface area (Å²) in [6.07, 6.45) is 1.32. The van der Waals surface area contributed by atoms with Gasteiger partial charge in [0.15, 0.2) is 0 Å². The Morgan fingerprint density at radius 1 is 1.36 bits per heavy atom. The Labute approximate surface area is 87.3 Å². The smallest absolute Gasteiger partial charge is 0.129 e. The van der Waals surface area contributed by atoms with Crippen molar-refractivity contribution >= 4 is 35.4 Å². The van der Waals surface area contributed by atoms with Gasteiger partial charge in [-0.05, 0) is 24.3 Å². The molecule has 0 aromatic heterocycles. The Morgan fingerprint density at radius 3 is 2.50 bits per heavy atom. The molecule has 1 rings (SSSR count). The Hall–Kier alpha value is -1.66. The van der Waals surface area contributed by atoms with Crippen molar-refractivity contribution in [1.82, 2.24) is 0 Å². The van der Waals surface area contributed by atoms with E-state index in [-0.39, 0.29) is 0 Å². The molecule has 0 bridgehead atoms. The molecule has 0 spiro atoms. The van der Waals surface area contributed by atoms with Crippen LogP contribution in [0.5, 0.6) is 0 Å². The highest BCUT2D eigenvalue weighted by Crippen LogP contribution is 2.14. The fraction of sp³-hybridized carbons (Fsp3) is 0. The van der Waals surface area contributed by atoms with E-state index in [1.165, 1.54) is 16.8 Å². The number of nitrogens with zero attached hydrogens (tertiary/aromatic N) is 2. The van der Waals surface area contributed by atoms with Gasteiger partial charge in [-0.2, -0.15) is 5.10 Å². The molecule has 0 fully saturated rings. The summed E-state index contributed by atoms with van der Waals surface area (Å²) >= 11 is 4.65. The maximum Gasteiger partial charge on any atom is 0.129 e. The third-order valence-corrected chi connectivity index (χ3v) is 1.70. The van der Waals surface area contributed by atoms with Gasteiger partial charge in [-0.3, -0.25) is 5.01 Å². The van der Waals surface area contributed by atoms with Crippen LogP contribution in [0.4, 0.5) is 11.4 Å². The number of hydrogen-bond donors (Lipinski definition) is 3. The minimum absolute atomic E-state index is 0.786. The second kappa shape index (κ2) is 5.15. The lowest BCUT2D eigenvalue weighted by atomic mass is 10.3. The molecule has 0 aliphatic heterocycles. The van der Waals surface area contributed by atoms with Crippen LogP contribution >= 0.6 is 12.2 Å². The number of thiocarbonyl (C=S) groups is 1. The predicted molar refractivity (Wildman–Crippen MR) is 63.1 cm³/mol. The molecular formula is C8H11N5S. The van der Waals surface area contributed by atoms with Gasteiger partial charge in [0, 0.05) is 5.69 Å². The van der Waals surface area contributed by atoms with Crippen molar-refractivity contribution in [1.29, 1.82) is 0 Å². The molecule has 0 unspecified atom stereocenters. The summed E-state index contributed by atoms with van der Waals surface area (Å²) < 4.78 is 0. The van der Waals surface area contributed by atoms with E-state index in [2.05, 4.69) is 22.6 Å². The highest BCUT2D eigenvalue weighted by atomic mass is 32.1. The Balaban J connectivity index is 2.76. The Bertz CT molecular complexity index is 321. The second-order valence-corrected chi connectivity index (χ2v) is 2.72. The van der Waals surface area contributed by atoms with E-state index in [9.17, 15) is 0 Å². The first-order valence-corrected chi connectivity index (χ1v) is 4.32. The molecule has 5 nitrogen and oxygen atoms in total. The number of nitrogens with one attached hydrogen (secondary N) is 1. The second-order valence-electron chi connectivity index (χ2n) is 2.48. The molecule has 14 heavy (non-hydrogen) atoms. The zero-order valence-electron chi connectivity index (χ0n) is 7.42. The van der Waals surface area contributed by atoms with Crippen molar-refractivity contribution in [3.8, 4) is 0 Å². The third-order valence-electron chi connectivity index (χ3n) is 1.58. The van der Waals surface area contributed by atoms with Crippen molar-refractivity contribution in [3.63, 3.8) is 0 Å². The van der Waals surface area contributed by atoms with Gasteiger partial charge in [-0.25, -0.2) is 5.84 Å². The number of nitrogens with two attached hydrogens (primary N) is 2. The number of anilines is 2. The van der Waals surface area contributed by atoms with Crippen LogP contribution in [-0.4, -0.2) is 11.8 Å². The van der Waals surface area contributed by atoms with Crippen molar-refractivity contribution in [3.05, 3.63) is 24.3 Å². The summed E-state index contributed by atoms with van der Waals surface area (Å²) in [4.78, 5) is 0. The quantitative estimate of drug-likeness (QED) is 0.223. The molecule has 0 radical (unpaired) electrons. The van der Waals surface area contributed by atoms with E-state index in [0.717, 1.165) is 11.4 Å². The van der Waals surface area contributed by atoms with Crippen LogP contribution in [0.25, 0.3) is 0 Å². The lowest BCUT2D eigenvalue weighted by Gasteiger charge is -2.12. The summed E-state index contributed by atoms with van der Waals surface area (Å²) in [6, 6.07) is 7.34. The maximum absolute atomic E-state index is 5.58. The van der Waals surface area contributed by atoms with Crippen LogP contribution in [0, 0.1) is 0 Å². The van der Waals surface area contributed by atoms with Gasteiger partial charge < -0.3 is 11.2 Å². The molecular weight excluding hydrogens is 198 g/mol. The van der Waals surface area contributed by atoms with Gasteiger partial charge in [0.2, 0.25) is 0 Å². The average molecular weight is 209 g/mol. The number of hydrazone groups is 1. The first-order valence-electron chi connectivity index (χ1n) is 3.85. The van der Waals surface area contributed by atoms with E-state index in [1.54, 1.807) is 0 Å². The summed E-state index contributed by atoms with van der Waals surface area (Å²) in [7, 11) is 0. The van der Waals surface area contributed by atoms with E-state index in [1.807, 2.05) is 24.3 Å². The van der Waals surface area contributed by atoms with Gasteiger partial charge in [-0.15, -0.1) is 0 Å². The van der Waals surface area contributed by atoms with Crippen molar-refractivity contribution < 1.29 is 0 Å². The third kappa shape index (κ3) is 2.68. The Kier molecular flexibility index (Phi) is 3.84. The van der Waals surface area contributed by atoms with Gasteiger partial charge in [0.1, 0.15) is 6.34 Å². The molecule has 6 heteroatoms. The van der Waals surface area contributed by atoms with E-state index in [4.69, 9.17) is 11.7 Å². The molecule has 1 aromatic carbocycles. The molecule has 0 saturated heterocycles. The molecule has 0 heterocycles. The van der Waals surface area contributed by atoms with Crippen molar-refractivity contribution in [2.45, 2.75) is 0 Å². The normalized spacial score (nSPS) is 10.1. The molecule has 5 N–H and O–H groups in total. The standard InChI is InChI=1S/C8H11N5S/c9-12-5-13(10)8-3-1-7(2-4-8)11-6-14/h1-6H,9-10H2,(H,11,14)/b12-5-. The number of hydrazine groups is 1. The van der Waals surface area contributed by atoms with Crippen LogP contribution in [0.15, 0.2) is 29.4 Å². The van der Waals surface area contributed by atoms with Gasteiger partial charge >= 0.3 is 0 Å². The predicted octanol–water partition coefficient (Wildman–Crippen LogP) is 0.638. The molecule has 74 valence electrons. The van der Waals surface area contributed by atoms with Crippen LogP contribution in [0.3, 0.4) is 0 Å². The lowest BCUT2D eigenvalue weighted by Crippen LogP contribution is -2.29. The Morgan fingerprint density at radius 2 is 2.00 bits per heavy atom. The van der Waals surface area contributed by atoms with Gasteiger partial charge in [0.25, 0.3) is 0 Å². The van der Waals surface area contributed by atoms with Crippen LogP contribution in [0.1, 0.15) is 0 Å². The molecule has 0 saturated carbocycles. The number of rotatable bonds is 4. The number of benzene rings is 1. The summed E-state index contributed by atoms with van der Waals surface area (Å²) in [5.74, 6) is 10.5. The van der Waals surface area contributed by atoms with E-state index >= 15 is 0 Å². The molecule has 0 amide bonds. The average Bonchev–Trinajstić information content (AvgIpc) is 2.20. The lowest BCUT2D eigenvalue weighted by molar-refractivity contribution is 1.12. The fourth-order valence-electron chi connectivity index (χ4n) is 0.936. The molecule has 1 aromatic rings. The first kappa shape index (κ1) is 10.4. The maximum atomic E-state index is 5.58. The minimum atomic E-state index is 0.786. The largest absolute Gasteiger partial charge is 0.353 e. The summed E-state index contributed by atoms with van der Waals surface area (Å²) in [5, 5.41) is 7.51. The molecule has 0 aliphatic carbocycles.